The van der Waals surface area contributed by atoms with E-state index in [0.29, 0.717) is 6.54 Å². The lowest BCUT2D eigenvalue weighted by molar-refractivity contribution is 0.979. The normalized spacial score (nSPS) is 10.4. The van der Waals surface area contributed by atoms with Crippen molar-refractivity contribution in [2.24, 2.45) is 5.73 Å². The lowest BCUT2D eigenvalue weighted by atomic mass is 10.1. The fourth-order valence-corrected chi connectivity index (χ4v) is 1.49. The zero-order valence-electron chi connectivity index (χ0n) is 8.14. The zero-order chi connectivity index (χ0) is 9.97. The van der Waals surface area contributed by atoms with Gasteiger partial charge in [-0.25, -0.2) is 4.98 Å². The Kier molecular flexibility index (Phi) is 2.33. The van der Waals surface area contributed by atoms with E-state index in [0.717, 1.165) is 11.3 Å². The Morgan fingerprint density at radius 2 is 2.29 bits per heavy atom. The van der Waals surface area contributed by atoms with Crippen molar-refractivity contribution < 1.29 is 0 Å². The number of rotatable bonds is 2. The van der Waals surface area contributed by atoms with Crippen LogP contribution >= 0.6 is 0 Å². The predicted molar refractivity (Wildman–Crippen MR) is 56.2 cm³/mol. The van der Waals surface area contributed by atoms with Gasteiger partial charge in [0.2, 0.25) is 0 Å². The van der Waals surface area contributed by atoms with E-state index < -0.39 is 0 Å². The molecule has 0 atom stereocenters. The minimum Gasteiger partial charge on any atom is -0.326 e. The average Bonchev–Trinajstić information content (AvgIpc) is 2.70. The number of hydrogen-bond donors (Lipinski definition) is 1. The molecule has 0 saturated heterocycles. The first-order chi connectivity index (χ1) is 6.81. The number of aryl methyl sites for hydroxylation is 1. The molecule has 0 radical (unpaired) electrons. The third kappa shape index (κ3) is 1.54. The number of benzene rings is 1. The topological polar surface area (TPSA) is 43.8 Å². The van der Waals surface area contributed by atoms with E-state index in [-0.39, 0.29) is 0 Å². The SMILES string of the molecule is Cc1ccc(CN)c(-n2ccnc2)c1. The van der Waals surface area contributed by atoms with Gasteiger partial charge in [0.15, 0.2) is 0 Å². The van der Waals surface area contributed by atoms with Crippen LogP contribution in [0.25, 0.3) is 5.69 Å². The fourth-order valence-electron chi connectivity index (χ4n) is 1.49. The summed E-state index contributed by atoms with van der Waals surface area (Å²) in [4.78, 5) is 4.03. The van der Waals surface area contributed by atoms with Crippen molar-refractivity contribution in [3.8, 4) is 5.69 Å². The summed E-state index contributed by atoms with van der Waals surface area (Å²) < 4.78 is 1.98. The lowest BCUT2D eigenvalue weighted by Crippen LogP contribution is -2.03. The van der Waals surface area contributed by atoms with Crippen molar-refractivity contribution in [1.29, 1.82) is 0 Å². The lowest BCUT2D eigenvalue weighted by Gasteiger charge is -2.09. The Morgan fingerprint density at radius 3 is 2.93 bits per heavy atom. The highest BCUT2D eigenvalue weighted by Gasteiger charge is 2.02. The number of nitrogens with two attached hydrogens (primary N) is 1. The fraction of sp³-hybridized carbons (Fsp3) is 0.182. The van der Waals surface area contributed by atoms with Crippen LogP contribution < -0.4 is 5.73 Å². The van der Waals surface area contributed by atoms with Crippen molar-refractivity contribution in [3.05, 3.63) is 48.0 Å². The summed E-state index contributed by atoms with van der Waals surface area (Å²) in [6.45, 7) is 2.62. The second kappa shape index (κ2) is 3.64. The molecule has 2 rings (SSSR count). The summed E-state index contributed by atoms with van der Waals surface area (Å²) in [6.07, 6.45) is 5.48. The third-order valence-corrected chi connectivity index (χ3v) is 2.24. The molecular weight excluding hydrogens is 174 g/mol. The average molecular weight is 187 g/mol. The van der Waals surface area contributed by atoms with Crippen molar-refractivity contribution in [1.82, 2.24) is 9.55 Å². The van der Waals surface area contributed by atoms with Gasteiger partial charge in [-0.15, -0.1) is 0 Å². The summed E-state index contributed by atoms with van der Waals surface area (Å²) in [5, 5.41) is 0. The zero-order valence-corrected chi connectivity index (χ0v) is 8.14. The summed E-state index contributed by atoms with van der Waals surface area (Å²) in [5.41, 5.74) is 9.15. The van der Waals surface area contributed by atoms with Gasteiger partial charge in [-0.1, -0.05) is 12.1 Å². The number of aromatic nitrogens is 2. The second-order valence-corrected chi connectivity index (χ2v) is 3.31. The molecule has 0 fully saturated rings. The van der Waals surface area contributed by atoms with Crippen LogP contribution in [0.5, 0.6) is 0 Å². The maximum Gasteiger partial charge on any atom is 0.0991 e. The highest BCUT2D eigenvalue weighted by atomic mass is 15.0. The first-order valence-corrected chi connectivity index (χ1v) is 4.59. The minimum absolute atomic E-state index is 0.549. The Labute approximate surface area is 83.2 Å². The smallest absolute Gasteiger partial charge is 0.0991 e. The van der Waals surface area contributed by atoms with E-state index in [1.54, 1.807) is 12.5 Å². The molecule has 14 heavy (non-hydrogen) atoms. The van der Waals surface area contributed by atoms with Crippen LogP contribution in [0.2, 0.25) is 0 Å². The molecule has 2 N–H and O–H groups in total. The van der Waals surface area contributed by atoms with Gasteiger partial charge in [0, 0.05) is 18.9 Å². The van der Waals surface area contributed by atoms with Gasteiger partial charge in [0.1, 0.15) is 0 Å². The molecule has 0 saturated carbocycles. The predicted octanol–water partition coefficient (Wildman–Crippen LogP) is 1.64. The van der Waals surface area contributed by atoms with Crippen molar-refractivity contribution in [2.75, 3.05) is 0 Å². The Hall–Kier alpha value is -1.61. The second-order valence-electron chi connectivity index (χ2n) is 3.31. The van der Waals surface area contributed by atoms with Crippen molar-refractivity contribution >= 4 is 0 Å². The van der Waals surface area contributed by atoms with E-state index in [1.165, 1.54) is 5.56 Å². The molecular formula is C11H13N3. The monoisotopic (exact) mass is 187 g/mol. The summed E-state index contributed by atoms with van der Waals surface area (Å²) in [6, 6.07) is 6.25. The highest BCUT2D eigenvalue weighted by Crippen LogP contribution is 2.15. The van der Waals surface area contributed by atoms with Gasteiger partial charge in [0.05, 0.1) is 12.0 Å². The van der Waals surface area contributed by atoms with E-state index >= 15 is 0 Å². The summed E-state index contributed by atoms with van der Waals surface area (Å²) in [5.74, 6) is 0. The molecule has 0 amide bonds. The first kappa shape index (κ1) is 8.97. The van der Waals surface area contributed by atoms with Gasteiger partial charge in [0.25, 0.3) is 0 Å². The first-order valence-electron chi connectivity index (χ1n) is 4.59. The van der Waals surface area contributed by atoms with Crippen LogP contribution in [0, 0.1) is 6.92 Å². The molecule has 0 aliphatic rings. The van der Waals surface area contributed by atoms with E-state index in [1.807, 2.05) is 10.8 Å². The largest absolute Gasteiger partial charge is 0.326 e. The standard InChI is InChI=1S/C11H13N3/c1-9-2-3-10(7-12)11(6-9)14-5-4-13-8-14/h2-6,8H,7,12H2,1H3. The highest BCUT2D eigenvalue weighted by molar-refractivity contribution is 5.43. The van der Waals surface area contributed by atoms with Gasteiger partial charge in [-0.05, 0) is 24.1 Å². The molecule has 3 nitrogen and oxygen atoms in total. The van der Waals surface area contributed by atoms with Gasteiger partial charge < -0.3 is 10.3 Å². The maximum absolute atomic E-state index is 5.67. The Morgan fingerprint density at radius 1 is 1.43 bits per heavy atom. The van der Waals surface area contributed by atoms with Crippen LogP contribution in [0.3, 0.4) is 0 Å². The molecule has 0 aliphatic heterocycles. The van der Waals surface area contributed by atoms with Crippen LogP contribution in [0.4, 0.5) is 0 Å². The number of imidazole rings is 1. The molecule has 0 bridgehead atoms. The van der Waals surface area contributed by atoms with Crippen LogP contribution in [0.1, 0.15) is 11.1 Å². The van der Waals surface area contributed by atoms with E-state index in [9.17, 15) is 0 Å². The Bertz CT molecular complexity index is 418. The van der Waals surface area contributed by atoms with Gasteiger partial charge >= 0.3 is 0 Å². The maximum atomic E-state index is 5.67. The van der Waals surface area contributed by atoms with Crippen molar-refractivity contribution in [2.45, 2.75) is 13.5 Å². The molecule has 0 spiro atoms. The number of hydrogen-bond acceptors (Lipinski definition) is 2. The van der Waals surface area contributed by atoms with Gasteiger partial charge in [-0.2, -0.15) is 0 Å². The molecule has 1 aromatic heterocycles. The quantitative estimate of drug-likeness (QED) is 0.776. The van der Waals surface area contributed by atoms with Crippen LogP contribution in [0.15, 0.2) is 36.9 Å². The van der Waals surface area contributed by atoms with E-state index in [2.05, 4.69) is 30.1 Å². The Balaban J connectivity index is 2.55. The molecule has 2 aromatic rings. The molecule has 1 aromatic carbocycles. The van der Waals surface area contributed by atoms with Crippen LogP contribution in [-0.4, -0.2) is 9.55 Å². The van der Waals surface area contributed by atoms with Gasteiger partial charge in [-0.3, -0.25) is 0 Å². The van der Waals surface area contributed by atoms with Crippen LogP contribution in [-0.2, 0) is 6.54 Å². The summed E-state index contributed by atoms with van der Waals surface area (Å²) >= 11 is 0. The molecule has 0 aliphatic carbocycles. The third-order valence-electron chi connectivity index (χ3n) is 2.24. The molecule has 1 heterocycles. The molecule has 0 unspecified atom stereocenters. The molecule has 3 heteroatoms. The number of nitrogens with zero attached hydrogens (tertiary/aromatic N) is 2. The summed E-state index contributed by atoms with van der Waals surface area (Å²) in [7, 11) is 0. The van der Waals surface area contributed by atoms with Crippen molar-refractivity contribution in [3.63, 3.8) is 0 Å². The van der Waals surface area contributed by atoms with E-state index in [4.69, 9.17) is 5.73 Å². The molecule has 72 valence electrons. The minimum atomic E-state index is 0.549.